The number of carbonyl (C=O) groups is 1. The summed E-state index contributed by atoms with van der Waals surface area (Å²) in [6, 6.07) is 6.45. The van der Waals surface area contributed by atoms with Crippen molar-refractivity contribution in [2.45, 2.75) is 12.2 Å². The summed E-state index contributed by atoms with van der Waals surface area (Å²) in [6.07, 6.45) is 1.28. The van der Waals surface area contributed by atoms with Crippen LogP contribution >= 0.6 is 0 Å². The first kappa shape index (κ1) is 12.6. The molecule has 1 amide bonds. The number of benzene rings is 1. The van der Waals surface area contributed by atoms with Gasteiger partial charge in [0.15, 0.2) is 0 Å². The molecule has 5 nitrogen and oxygen atoms in total. The zero-order valence-electron chi connectivity index (χ0n) is 9.73. The van der Waals surface area contributed by atoms with Crippen molar-refractivity contribution in [1.82, 2.24) is 4.90 Å². The van der Waals surface area contributed by atoms with Crippen molar-refractivity contribution in [3.63, 3.8) is 0 Å². The molecule has 0 spiro atoms. The average Bonchev–Trinajstić information content (AvgIpc) is 2.69. The number of hydrogen-bond acceptors (Lipinski definition) is 4. The molecule has 18 heavy (non-hydrogen) atoms. The number of nitrogens with zero attached hydrogens (tertiary/aromatic N) is 1. The van der Waals surface area contributed by atoms with E-state index < -0.39 is 12.2 Å². The van der Waals surface area contributed by atoms with Gasteiger partial charge >= 0.3 is 0 Å². The quantitative estimate of drug-likeness (QED) is 0.643. The molecule has 5 heteroatoms. The van der Waals surface area contributed by atoms with Gasteiger partial charge in [0.05, 0.1) is 12.2 Å². The number of aliphatic hydroxyl groups excluding tert-OH is 2. The zero-order valence-corrected chi connectivity index (χ0v) is 9.73. The van der Waals surface area contributed by atoms with Gasteiger partial charge in [-0.25, -0.2) is 0 Å². The Bertz CT molecular complexity index is 445. The Morgan fingerprint density at radius 1 is 1.17 bits per heavy atom. The van der Waals surface area contributed by atoms with Gasteiger partial charge in [-0.15, -0.1) is 0 Å². The van der Waals surface area contributed by atoms with Crippen molar-refractivity contribution < 1.29 is 20.1 Å². The predicted molar refractivity (Wildman–Crippen MR) is 65.7 cm³/mol. The van der Waals surface area contributed by atoms with E-state index in [4.69, 9.17) is 5.11 Å². The van der Waals surface area contributed by atoms with E-state index in [1.165, 1.54) is 23.1 Å². The summed E-state index contributed by atoms with van der Waals surface area (Å²) in [4.78, 5) is 13.1. The van der Waals surface area contributed by atoms with Crippen LogP contribution < -0.4 is 0 Å². The molecule has 0 saturated carbocycles. The topological polar surface area (TPSA) is 81.0 Å². The number of aliphatic hydroxyl groups is 2. The van der Waals surface area contributed by atoms with E-state index in [1.807, 2.05) is 0 Å². The highest BCUT2D eigenvalue weighted by Gasteiger charge is 2.31. The molecule has 3 N–H and O–H groups in total. The molecule has 2 rings (SSSR count). The van der Waals surface area contributed by atoms with Gasteiger partial charge in [0.2, 0.25) is 5.91 Å². The number of β-amino-alcohol motifs (C(OH)–C–C–N with tert-alkyl or cyclic N) is 2. The van der Waals surface area contributed by atoms with Crippen molar-refractivity contribution in [3.8, 4) is 5.75 Å². The fourth-order valence-electron chi connectivity index (χ4n) is 1.81. The lowest BCUT2D eigenvalue weighted by atomic mass is 10.2. The van der Waals surface area contributed by atoms with Crippen LogP contribution in [0.4, 0.5) is 0 Å². The minimum absolute atomic E-state index is 0.153. The summed E-state index contributed by atoms with van der Waals surface area (Å²) >= 11 is 0. The molecule has 2 atom stereocenters. The molecule has 1 aliphatic rings. The molecule has 1 aromatic rings. The van der Waals surface area contributed by atoms with Crippen LogP contribution in [0, 0.1) is 0 Å². The van der Waals surface area contributed by atoms with E-state index in [1.54, 1.807) is 18.2 Å². The molecule has 1 aliphatic heterocycles. The summed E-state index contributed by atoms with van der Waals surface area (Å²) in [5.41, 5.74) is 0.793. The van der Waals surface area contributed by atoms with Gasteiger partial charge in [0.1, 0.15) is 5.75 Å². The maximum Gasteiger partial charge on any atom is 0.246 e. The lowest BCUT2D eigenvalue weighted by Crippen LogP contribution is -2.27. The van der Waals surface area contributed by atoms with Gasteiger partial charge in [0, 0.05) is 19.2 Å². The van der Waals surface area contributed by atoms with Crippen molar-refractivity contribution in [1.29, 1.82) is 0 Å². The highest BCUT2D eigenvalue weighted by atomic mass is 16.3. The molecule has 1 heterocycles. The Balaban J connectivity index is 1.97. The van der Waals surface area contributed by atoms with Crippen molar-refractivity contribution in [2.75, 3.05) is 13.1 Å². The SMILES string of the molecule is O=C(/C=C/c1ccc(O)cc1)N1C[C@@H](O)[C@H](O)C1. The van der Waals surface area contributed by atoms with E-state index in [0.717, 1.165) is 5.56 Å². The van der Waals surface area contributed by atoms with Crippen LogP contribution in [0.25, 0.3) is 6.08 Å². The lowest BCUT2D eigenvalue weighted by molar-refractivity contribution is -0.125. The minimum atomic E-state index is -0.865. The fourth-order valence-corrected chi connectivity index (χ4v) is 1.81. The Morgan fingerprint density at radius 2 is 1.72 bits per heavy atom. The van der Waals surface area contributed by atoms with Crippen LogP contribution in [0.2, 0.25) is 0 Å². The van der Waals surface area contributed by atoms with Gasteiger partial charge in [-0.1, -0.05) is 12.1 Å². The summed E-state index contributed by atoms with van der Waals surface area (Å²) in [5.74, 6) is -0.0806. The largest absolute Gasteiger partial charge is 0.508 e. The van der Waals surface area contributed by atoms with E-state index in [9.17, 15) is 15.0 Å². The second-order valence-corrected chi connectivity index (χ2v) is 4.30. The number of phenolic OH excluding ortho intramolecular Hbond substituents is 1. The maximum absolute atomic E-state index is 11.7. The highest BCUT2D eigenvalue weighted by Crippen LogP contribution is 2.13. The van der Waals surface area contributed by atoms with Crippen LogP contribution in [0.1, 0.15) is 5.56 Å². The smallest absolute Gasteiger partial charge is 0.246 e. The Morgan fingerprint density at radius 3 is 2.28 bits per heavy atom. The van der Waals surface area contributed by atoms with Crippen LogP contribution in [-0.4, -0.2) is 51.4 Å². The fraction of sp³-hybridized carbons (Fsp3) is 0.308. The summed E-state index contributed by atoms with van der Waals surface area (Å²) in [7, 11) is 0. The van der Waals surface area contributed by atoms with Gasteiger partial charge in [0.25, 0.3) is 0 Å². The zero-order chi connectivity index (χ0) is 13.1. The lowest BCUT2D eigenvalue weighted by Gasteiger charge is -2.11. The summed E-state index contributed by atoms with van der Waals surface area (Å²) in [6.45, 7) is 0.305. The molecular formula is C13H15NO4. The van der Waals surface area contributed by atoms with Crippen LogP contribution in [0.3, 0.4) is 0 Å². The number of rotatable bonds is 2. The second-order valence-electron chi connectivity index (χ2n) is 4.30. The maximum atomic E-state index is 11.7. The second kappa shape index (κ2) is 5.20. The Hall–Kier alpha value is -1.85. The molecule has 1 aromatic carbocycles. The predicted octanol–water partition coefficient (Wildman–Crippen LogP) is -0.0306. The number of amides is 1. The van der Waals surface area contributed by atoms with Crippen molar-refractivity contribution >= 4 is 12.0 Å². The van der Waals surface area contributed by atoms with E-state index in [-0.39, 0.29) is 24.7 Å². The first-order valence-corrected chi connectivity index (χ1v) is 5.68. The van der Waals surface area contributed by atoms with E-state index >= 15 is 0 Å². The number of aromatic hydroxyl groups is 1. The monoisotopic (exact) mass is 249 g/mol. The number of phenols is 1. The third kappa shape index (κ3) is 2.88. The van der Waals surface area contributed by atoms with Crippen molar-refractivity contribution in [3.05, 3.63) is 35.9 Å². The molecule has 0 bridgehead atoms. The van der Waals surface area contributed by atoms with E-state index in [2.05, 4.69) is 0 Å². The number of carbonyl (C=O) groups excluding carboxylic acids is 1. The molecule has 0 aromatic heterocycles. The van der Waals surface area contributed by atoms with Crippen LogP contribution in [0.15, 0.2) is 30.3 Å². The number of hydrogen-bond donors (Lipinski definition) is 3. The molecular weight excluding hydrogens is 234 g/mol. The first-order chi connectivity index (χ1) is 8.56. The molecule has 0 aliphatic carbocycles. The van der Waals surface area contributed by atoms with Gasteiger partial charge in [-0.05, 0) is 23.8 Å². The molecule has 0 unspecified atom stereocenters. The molecule has 96 valence electrons. The standard InChI is InChI=1S/C13H15NO4/c15-10-4-1-9(2-5-10)3-6-13(18)14-7-11(16)12(17)8-14/h1-6,11-12,15-17H,7-8H2/b6-3+/t11-,12-/m1/s1. The summed E-state index contributed by atoms with van der Waals surface area (Å²) in [5, 5.41) is 27.8. The van der Waals surface area contributed by atoms with Gasteiger partial charge in [-0.2, -0.15) is 0 Å². The van der Waals surface area contributed by atoms with Gasteiger partial charge < -0.3 is 20.2 Å². The Kier molecular flexibility index (Phi) is 3.64. The highest BCUT2D eigenvalue weighted by molar-refractivity contribution is 5.92. The van der Waals surface area contributed by atoms with Crippen molar-refractivity contribution in [2.24, 2.45) is 0 Å². The molecule has 1 fully saturated rings. The number of likely N-dealkylation sites (tertiary alicyclic amines) is 1. The normalized spacial score (nSPS) is 23.8. The average molecular weight is 249 g/mol. The summed E-state index contributed by atoms with van der Waals surface area (Å²) < 4.78 is 0. The first-order valence-electron chi connectivity index (χ1n) is 5.68. The van der Waals surface area contributed by atoms with Crippen LogP contribution in [0.5, 0.6) is 5.75 Å². The Labute approximate surface area is 105 Å². The van der Waals surface area contributed by atoms with E-state index in [0.29, 0.717) is 0 Å². The molecule has 1 saturated heterocycles. The minimum Gasteiger partial charge on any atom is -0.508 e. The van der Waals surface area contributed by atoms with Gasteiger partial charge in [-0.3, -0.25) is 4.79 Å². The van der Waals surface area contributed by atoms with Crippen LogP contribution in [-0.2, 0) is 4.79 Å². The molecule has 0 radical (unpaired) electrons. The third-order valence-electron chi connectivity index (χ3n) is 2.88. The third-order valence-corrected chi connectivity index (χ3v) is 2.88.